The van der Waals surface area contributed by atoms with E-state index in [9.17, 15) is 9.59 Å². The van der Waals surface area contributed by atoms with E-state index in [0.717, 1.165) is 0 Å². The fourth-order valence-electron chi connectivity index (χ4n) is 1.53. The summed E-state index contributed by atoms with van der Waals surface area (Å²) in [4.78, 5) is 23.5. The monoisotopic (exact) mass is 244 g/mol. The maximum absolute atomic E-state index is 11.8. The van der Waals surface area contributed by atoms with E-state index in [1.54, 1.807) is 11.4 Å². The summed E-state index contributed by atoms with van der Waals surface area (Å²) in [5.74, 6) is -0.833. The quantitative estimate of drug-likeness (QED) is 0.606. The molecule has 1 aromatic rings. The molecule has 0 bridgehead atoms. The lowest BCUT2D eigenvalue weighted by atomic mass is 10.2. The third-order valence-electron chi connectivity index (χ3n) is 2.47. The Hall–Kier alpha value is -0.870. The van der Waals surface area contributed by atoms with Gasteiger partial charge in [-0.1, -0.05) is 11.6 Å². The number of carbonyl (C=O) groups excluding carboxylic acids is 2. The second-order valence-electron chi connectivity index (χ2n) is 3.43. The van der Waals surface area contributed by atoms with E-state index < -0.39 is 0 Å². The van der Waals surface area contributed by atoms with Crippen LogP contribution in [0.4, 0.5) is 0 Å². The summed E-state index contributed by atoms with van der Waals surface area (Å²) >= 11 is 7.15. The van der Waals surface area contributed by atoms with Crippen molar-refractivity contribution in [2.24, 2.45) is 11.8 Å². The van der Waals surface area contributed by atoms with Crippen molar-refractivity contribution in [1.82, 2.24) is 0 Å². The molecule has 0 amide bonds. The molecule has 0 N–H and O–H groups in total. The molecule has 1 aliphatic rings. The van der Waals surface area contributed by atoms with E-state index in [-0.39, 0.29) is 23.6 Å². The molecule has 80 valence electrons. The number of esters is 1. The zero-order valence-corrected chi connectivity index (χ0v) is 9.60. The molecular formula is C10H9ClO3S. The SMILES string of the molecule is COC(=O)C1CC1C(=O)c1sccc1Cl. The third-order valence-corrected chi connectivity index (χ3v) is 3.83. The first-order chi connectivity index (χ1) is 7.15. The van der Waals surface area contributed by atoms with Gasteiger partial charge in [-0.15, -0.1) is 11.3 Å². The van der Waals surface area contributed by atoms with E-state index in [2.05, 4.69) is 4.74 Å². The van der Waals surface area contributed by atoms with E-state index in [1.807, 2.05) is 0 Å². The van der Waals surface area contributed by atoms with Gasteiger partial charge < -0.3 is 4.74 Å². The Balaban J connectivity index is 2.07. The van der Waals surface area contributed by atoms with Crippen LogP contribution in [0.2, 0.25) is 5.02 Å². The number of Topliss-reactive ketones (excluding diaryl/α,β-unsaturated/α-hetero) is 1. The highest BCUT2D eigenvalue weighted by Crippen LogP contribution is 2.43. The molecule has 2 rings (SSSR count). The number of carbonyl (C=O) groups is 2. The van der Waals surface area contributed by atoms with Crippen molar-refractivity contribution in [1.29, 1.82) is 0 Å². The number of rotatable bonds is 3. The van der Waals surface area contributed by atoms with Crippen LogP contribution >= 0.6 is 22.9 Å². The number of ketones is 1. The number of hydrogen-bond acceptors (Lipinski definition) is 4. The zero-order chi connectivity index (χ0) is 11.0. The lowest BCUT2D eigenvalue weighted by Crippen LogP contribution is -2.09. The average Bonchev–Trinajstić information content (AvgIpc) is 2.93. The van der Waals surface area contributed by atoms with Crippen LogP contribution in [0.1, 0.15) is 16.1 Å². The molecule has 0 aromatic carbocycles. The van der Waals surface area contributed by atoms with Gasteiger partial charge in [0.1, 0.15) is 0 Å². The third kappa shape index (κ3) is 1.92. The molecule has 0 saturated heterocycles. The first kappa shape index (κ1) is 10.6. The predicted molar refractivity (Wildman–Crippen MR) is 57.3 cm³/mol. The first-order valence-electron chi connectivity index (χ1n) is 4.50. The van der Waals surface area contributed by atoms with Crippen LogP contribution in [-0.4, -0.2) is 18.9 Å². The molecule has 0 radical (unpaired) electrons. The van der Waals surface area contributed by atoms with Crippen molar-refractivity contribution >= 4 is 34.7 Å². The first-order valence-corrected chi connectivity index (χ1v) is 5.76. The smallest absolute Gasteiger partial charge is 0.309 e. The van der Waals surface area contributed by atoms with Crippen LogP contribution in [0.3, 0.4) is 0 Å². The maximum atomic E-state index is 11.8. The molecule has 1 saturated carbocycles. The second kappa shape index (κ2) is 3.94. The van der Waals surface area contributed by atoms with Crippen molar-refractivity contribution in [3.8, 4) is 0 Å². The number of hydrogen-bond donors (Lipinski definition) is 0. The summed E-state index contributed by atoms with van der Waals surface area (Å²) in [5, 5.41) is 2.24. The van der Waals surface area contributed by atoms with Crippen molar-refractivity contribution in [3.63, 3.8) is 0 Å². The molecule has 1 fully saturated rings. The highest BCUT2D eigenvalue weighted by Gasteiger charge is 2.49. The minimum atomic E-state index is -0.305. The van der Waals surface area contributed by atoms with Gasteiger partial charge in [-0.2, -0.15) is 0 Å². The molecular weight excluding hydrogens is 236 g/mol. The molecule has 15 heavy (non-hydrogen) atoms. The molecule has 1 heterocycles. The highest BCUT2D eigenvalue weighted by molar-refractivity contribution is 7.12. The lowest BCUT2D eigenvalue weighted by molar-refractivity contribution is -0.142. The van der Waals surface area contributed by atoms with Crippen molar-refractivity contribution in [2.75, 3.05) is 7.11 Å². The minimum Gasteiger partial charge on any atom is -0.469 e. The lowest BCUT2D eigenvalue weighted by Gasteiger charge is -1.97. The Morgan fingerprint density at radius 2 is 2.27 bits per heavy atom. The summed E-state index contributed by atoms with van der Waals surface area (Å²) < 4.78 is 4.58. The van der Waals surface area contributed by atoms with Crippen LogP contribution in [-0.2, 0) is 9.53 Å². The van der Waals surface area contributed by atoms with Gasteiger partial charge in [0, 0.05) is 5.92 Å². The predicted octanol–water partition coefficient (Wildman–Crippen LogP) is 2.39. The molecule has 2 atom stereocenters. The highest BCUT2D eigenvalue weighted by atomic mass is 35.5. The fourth-order valence-corrected chi connectivity index (χ4v) is 2.69. The summed E-state index contributed by atoms with van der Waals surface area (Å²) in [6.45, 7) is 0. The van der Waals surface area contributed by atoms with Gasteiger partial charge in [-0.3, -0.25) is 9.59 Å². The summed E-state index contributed by atoms with van der Waals surface area (Å²) in [6.07, 6.45) is 0.583. The Labute approximate surface area is 96.0 Å². The van der Waals surface area contributed by atoms with Gasteiger partial charge in [0.25, 0.3) is 0 Å². The summed E-state index contributed by atoms with van der Waals surface area (Å²) in [5.41, 5.74) is 0. The van der Waals surface area contributed by atoms with Gasteiger partial charge in [0.2, 0.25) is 0 Å². The zero-order valence-electron chi connectivity index (χ0n) is 8.03. The second-order valence-corrected chi connectivity index (χ2v) is 4.76. The minimum absolute atomic E-state index is 0.0367. The van der Waals surface area contributed by atoms with Gasteiger partial charge >= 0.3 is 5.97 Å². The number of halogens is 1. The maximum Gasteiger partial charge on any atom is 0.309 e. The van der Waals surface area contributed by atoms with Crippen LogP contribution in [0, 0.1) is 11.8 Å². The Kier molecular flexibility index (Phi) is 2.80. The average molecular weight is 245 g/mol. The largest absolute Gasteiger partial charge is 0.469 e. The van der Waals surface area contributed by atoms with Crippen LogP contribution < -0.4 is 0 Å². The van der Waals surface area contributed by atoms with E-state index in [4.69, 9.17) is 11.6 Å². The van der Waals surface area contributed by atoms with Crippen molar-refractivity contribution in [2.45, 2.75) is 6.42 Å². The van der Waals surface area contributed by atoms with Gasteiger partial charge in [-0.05, 0) is 17.9 Å². The Morgan fingerprint density at radius 1 is 1.53 bits per heavy atom. The van der Waals surface area contributed by atoms with E-state index >= 15 is 0 Å². The summed E-state index contributed by atoms with van der Waals surface area (Å²) in [6, 6.07) is 1.69. The summed E-state index contributed by atoms with van der Waals surface area (Å²) in [7, 11) is 1.33. The molecule has 3 nitrogen and oxygen atoms in total. The van der Waals surface area contributed by atoms with Crippen LogP contribution in [0.15, 0.2) is 11.4 Å². The van der Waals surface area contributed by atoms with Crippen LogP contribution in [0.25, 0.3) is 0 Å². The van der Waals surface area contributed by atoms with Crippen molar-refractivity contribution < 1.29 is 14.3 Å². The fraction of sp³-hybridized carbons (Fsp3) is 0.400. The van der Waals surface area contributed by atoms with Gasteiger partial charge in [0.05, 0.1) is 22.9 Å². The van der Waals surface area contributed by atoms with Gasteiger partial charge in [0.15, 0.2) is 5.78 Å². The molecule has 1 aliphatic carbocycles. The normalized spacial score (nSPS) is 23.6. The topological polar surface area (TPSA) is 43.4 Å². The molecule has 5 heteroatoms. The molecule has 2 unspecified atom stereocenters. The molecule has 0 aliphatic heterocycles. The van der Waals surface area contributed by atoms with Crippen LogP contribution in [0.5, 0.6) is 0 Å². The van der Waals surface area contributed by atoms with Gasteiger partial charge in [-0.25, -0.2) is 0 Å². The molecule has 0 spiro atoms. The standard InChI is InChI=1S/C10H9ClO3S/c1-14-10(13)6-4-5(6)8(12)9-7(11)2-3-15-9/h2-3,5-6H,4H2,1H3. The molecule has 1 aromatic heterocycles. The number of methoxy groups -OCH3 is 1. The number of ether oxygens (including phenoxy) is 1. The van der Waals surface area contributed by atoms with E-state index in [0.29, 0.717) is 16.3 Å². The Morgan fingerprint density at radius 3 is 2.80 bits per heavy atom. The Bertz CT molecular complexity index is 413. The van der Waals surface area contributed by atoms with E-state index in [1.165, 1.54) is 18.4 Å². The van der Waals surface area contributed by atoms with Crippen molar-refractivity contribution in [3.05, 3.63) is 21.3 Å². The number of thiophene rings is 1.